The summed E-state index contributed by atoms with van der Waals surface area (Å²) in [5, 5.41) is 18.2. The van der Waals surface area contributed by atoms with Gasteiger partial charge < -0.3 is 15.9 Å². The molecular weight excluding hydrogens is 130 g/mol. The summed E-state index contributed by atoms with van der Waals surface area (Å²) in [6.07, 6.45) is 1.36. The lowest BCUT2D eigenvalue weighted by atomic mass is 10.0. The molecule has 0 heterocycles. The van der Waals surface area contributed by atoms with Crippen molar-refractivity contribution in [2.24, 2.45) is 5.73 Å². The second kappa shape index (κ2) is 2.34. The van der Waals surface area contributed by atoms with E-state index in [4.69, 9.17) is 15.9 Å². The number of allylic oxidation sites excluding steroid dienone is 1. The molecule has 1 aliphatic rings. The van der Waals surface area contributed by atoms with Gasteiger partial charge in [-0.3, -0.25) is 0 Å². The van der Waals surface area contributed by atoms with E-state index in [2.05, 4.69) is 0 Å². The zero-order chi connectivity index (χ0) is 7.72. The van der Waals surface area contributed by atoms with Crippen LogP contribution in [0.25, 0.3) is 0 Å². The molecule has 3 nitrogen and oxygen atoms in total. The standard InChI is InChI=1S/C7H11NO2/c1-4-5(8)2-3-6(9)7(4)10/h2,6,9-10H,3,8H2,1H3. The Balaban J connectivity index is 2.94. The molecule has 0 aromatic rings. The summed E-state index contributed by atoms with van der Waals surface area (Å²) in [4.78, 5) is 0. The smallest absolute Gasteiger partial charge is 0.126 e. The fourth-order valence-corrected chi connectivity index (χ4v) is 0.901. The van der Waals surface area contributed by atoms with E-state index in [-0.39, 0.29) is 5.76 Å². The van der Waals surface area contributed by atoms with Gasteiger partial charge in [-0.1, -0.05) is 6.08 Å². The Labute approximate surface area is 59.5 Å². The van der Waals surface area contributed by atoms with Gasteiger partial charge in [0.15, 0.2) is 0 Å². The molecule has 0 bridgehead atoms. The molecule has 1 atom stereocenters. The molecule has 0 spiro atoms. The van der Waals surface area contributed by atoms with Gasteiger partial charge in [0, 0.05) is 17.7 Å². The largest absolute Gasteiger partial charge is 0.509 e. The van der Waals surface area contributed by atoms with Gasteiger partial charge in [0.05, 0.1) is 0 Å². The van der Waals surface area contributed by atoms with E-state index in [1.165, 1.54) is 0 Å². The SMILES string of the molecule is CC1=C(O)C(O)CC=C1N. The molecule has 1 rings (SSSR count). The maximum Gasteiger partial charge on any atom is 0.126 e. The zero-order valence-corrected chi connectivity index (χ0v) is 5.83. The summed E-state index contributed by atoms with van der Waals surface area (Å²) in [6.45, 7) is 1.68. The summed E-state index contributed by atoms with van der Waals surface area (Å²) in [5.74, 6) is 0.000000000000000666. The van der Waals surface area contributed by atoms with Gasteiger partial charge in [-0.05, 0) is 6.92 Å². The lowest BCUT2D eigenvalue weighted by Gasteiger charge is -2.16. The van der Waals surface area contributed by atoms with Crippen molar-refractivity contribution < 1.29 is 10.2 Å². The summed E-state index contributed by atoms with van der Waals surface area (Å²) >= 11 is 0. The third-order valence-corrected chi connectivity index (χ3v) is 1.69. The van der Waals surface area contributed by atoms with Crippen LogP contribution in [0.1, 0.15) is 13.3 Å². The first-order chi connectivity index (χ1) is 4.63. The van der Waals surface area contributed by atoms with Crippen molar-refractivity contribution in [3.05, 3.63) is 23.1 Å². The molecule has 1 unspecified atom stereocenters. The highest BCUT2D eigenvalue weighted by Gasteiger charge is 2.16. The highest BCUT2D eigenvalue weighted by atomic mass is 16.3. The summed E-state index contributed by atoms with van der Waals surface area (Å²) < 4.78 is 0. The van der Waals surface area contributed by atoms with Gasteiger partial charge in [0.1, 0.15) is 11.9 Å². The Bertz CT molecular complexity index is 206. The number of rotatable bonds is 0. The molecule has 0 aromatic heterocycles. The molecule has 4 N–H and O–H groups in total. The summed E-state index contributed by atoms with van der Waals surface area (Å²) in [5.41, 5.74) is 6.60. The highest BCUT2D eigenvalue weighted by molar-refractivity contribution is 5.33. The average molecular weight is 141 g/mol. The van der Waals surface area contributed by atoms with Crippen molar-refractivity contribution in [1.82, 2.24) is 0 Å². The Morgan fingerprint density at radius 2 is 2.30 bits per heavy atom. The second-order valence-electron chi connectivity index (χ2n) is 2.42. The predicted octanol–water partition coefficient (Wildman–Crippen LogP) is 0.426. The maximum atomic E-state index is 9.13. The Morgan fingerprint density at radius 1 is 1.70 bits per heavy atom. The number of hydrogen-bond acceptors (Lipinski definition) is 3. The van der Waals surface area contributed by atoms with Gasteiger partial charge >= 0.3 is 0 Å². The van der Waals surface area contributed by atoms with E-state index in [9.17, 15) is 0 Å². The quantitative estimate of drug-likeness (QED) is 0.458. The third-order valence-electron chi connectivity index (χ3n) is 1.69. The molecule has 10 heavy (non-hydrogen) atoms. The van der Waals surface area contributed by atoms with E-state index < -0.39 is 6.10 Å². The van der Waals surface area contributed by atoms with Crippen LogP contribution in [0.5, 0.6) is 0 Å². The van der Waals surface area contributed by atoms with Crippen molar-refractivity contribution in [2.45, 2.75) is 19.4 Å². The Kier molecular flexibility index (Phi) is 1.68. The van der Waals surface area contributed by atoms with Crippen molar-refractivity contribution in [1.29, 1.82) is 0 Å². The molecule has 1 aliphatic carbocycles. The van der Waals surface area contributed by atoms with Crippen LogP contribution in [0.3, 0.4) is 0 Å². The van der Waals surface area contributed by atoms with Crippen LogP contribution in [0.2, 0.25) is 0 Å². The lowest BCUT2D eigenvalue weighted by Crippen LogP contribution is -2.18. The molecular formula is C7H11NO2. The molecule has 0 radical (unpaired) electrons. The second-order valence-corrected chi connectivity index (χ2v) is 2.42. The molecule has 56 valence electrons. The zero-order valence-electron chi connectivity index (χ0n) is 5.83. The molecule has 0 saturated carbocycles. The first-order valence-corrected chi connectivity index (χ1v) is 3.16. The number of hydrogen-bond donors (Lipinski definition) is 3. The van der Waals surface area contributed by atoms with Crippen LogP contribution in [-0.2, 0) is 0 Å². The summed E-state index contributed by atoms with van der Waals surface area (Å²) in [6, 6.07) is 0. The lowest BCUT2D eigenvalue weighted by molar-refractivity contribution is 0.150. The fourth-order valence-electron chi connectivity index (χ4n) is 0.901. The predicted molar refractivity (Wildman–Crippen MR) is 38.2 cm³/mol. The summed E-state index contributed by atoms with van der Waals surface area (Å²) in [7, 11) is 0. The third kappa shape index (κ3) is 0.998. The number of aliphatic hydroxyl groups excluding tert-OH is 2. The normalized spacial score (nSPS) is 26.6. The average Bonchev–Trinajstić information content (AvgIpc) is 1.93. The monoisotopic (exact) mass is 141 g/mol. The van der Waals surface area contributed by atoms with Crippen molar-refractivity contribution in [3.8, 4) is 0 Å². The van der Waals surface area contributed by atoms with Crippen molar-refractivity contribution >= 4 is 0 Å². The van der Waals surface area contributed by atoms with Gasteiger partial charge in [0.2, 0.25) is 0 Å². The molecule has 0 aliphatic heterocycles. The van der Waals surface area contributed by atoms with E-state index in [0.717, 1.165) is 0 Å². The van der Waals surface area contributed by atoms with Gasteiger partial charge in [0.25, 0.3) is 0 Å². The van der Waals surface area contributed by atoms with Crippen molar-refractivity contribution in [3.63, 3.8) is 0 Å². The minimum atomic E-state index is -0.757. The molecule has 0 saturated heterocycles. The topological polar surface area (TPSA) is 66.5 Å². The first kappa shape index (κ1) is 7.15. The Morgan fingerprint density at radius 3 is 2.80 bits per heavy atom. The van der Waals surface area contributed by atoms with Crippen LogP contribution in [0.4, 0.5) is 0 Å². The van der Waals surface area contributed by atoms with Gasteiger partial charge in [-0.25, -0.2) is 0 Å². The molecule has 3 heteroatoms. The first-order valence-electron chi connectivity index (χ1n) is 3.16. The van der Waals surface area contributed by atoms with Crippen LogP contribution >= 0.6 is 0 Å². The molecule has 0 fully saturated rings. The van der Waals surface area contributed by atoms with Gasteiger partial charge in [-0.2, -0.15) is 0 Å². The number of nitrogens with two attached hydrogens (primary N) is 1. The van der Waals surface area contributed by atoms with Crippen LogP contribution in [0.15, 0.2) is 23.1 Å². The minimum Gasteiger partial charge on any atom is -0.509 e. The maximum absolute atomic E-state index is 9.13. The van der Waals surface area contributed by atoms with E-state index in [1.807, 2.05) is 0 Å². The van der Waals surface area contributed by atoms with Crippen molar-refractivity contribution in [2.75, 3.05) is 0 Å². The van der Waals surface area contributed by atoms with E-state index in [1.54, 1.807) is 13.0 Å². The highest BCUT2D eigenvalue weighted by Crippen LogP contribution is 2.19. The molecule has 0 amide bonds. The van der Waals surface area contributed by atoms with E-state index >= 15 is 0 Å². The van der Waals surface area contributed by atoms with Crippen LogP contribution in [-0.4, -0.2) is 16.3 Å². The number of aliphatic hydroxyl groups is 2. The Hall–Kier alpha value is -0.960. The van der Waals surface area contributed by atoms with Crippen LogP contribution < -0.4 is 5.73 Å². The van der Waals surface area contributed by atoms with E-state index in [0.29, 0.717) is 17.7 Å². The fraction of sp³-hybridized carbons (Fsp3) is 0.429. The molecule has 0 aromatic carbocycles. The minimum absolute atomic E-state index is 0.000000000000000666. The van der Waals surface area contributed by atoms with Crippen LogP contribution in [0, 0.1) is 0 Å². The van der Waals surface area contributed by atoms with Gasteiger partial charge in [-0.15, -0.1) is 0 Å².